The second kappa shape index (κ2) is 14.7. The lowest BCUT2D eigenvalue weighted by molar-refractivity contribution is 0.0455. The zero-order chi connectivity index (χ0) is 30.9. The van der Waals surface area contributed by atoms with Crippen molar-refractivity contribution in [2.75, 3.05) is 37.0 Å². The summed E-state index contributed by atoms with van der Waals surface area (Å²) < 4.78 is 24.2. The van der Waals surface area contributed by atoms with Crippen LogP contribution in [0.3, 0.4) is 0 Å². The van der Waals surface area contributed by atoms with Crippen molar-refractivity contribution in [3.63, 3.8) is 0 Å². The van der Waals surface area contributed by atoms with Crippen molar-refractivity contribution >= 4 is 11.6 Å². The van der Waals surface area contributed by atoms with Gasteiger partial charge in [0.05, 0.1) is 30.0 Å². The predicted molar refractivity (Wildman–Crippen MR) is 166 cm³/mol. The van der Waals surface area contributed by atoms with Gasteiger partial charge in [0.2, 0.25) is 5.82 Å². The first-order chi connectivity index (χ1) is 21.3. The molecule has 11 nitrogen and oxygen atoms in total. The molecule has 44 heavy (non-hydrogen) atoms. The van der Waals surface area contributed by atoms with Crippen LogP contribution in [0.4, 0.5) is 16.0 Å². The van der Waals surface area contributed by atoms with Crippen LogP contribution in [0.5, 0.6) is 0 Å². The first kappa shape index (κ1) is 31.5. The number of aromatic nitrogens is 4. The minimum Gasteiger partial charge on any atom is -0.381 e. The molecule has 3 aromatic rings. The number of nitrogens with one attached hydrogen (secondary N) is 4. The summed E-state index contributed by atoms with van der Waals surface area (Å²) in [6.07, 6.45) is 8.32. The number of H-pyrrole nitrogens is 1. The van der Waals surface area contributed by atoms with E-state index in [2.05, 4.69) is 50.0 Å². The number of ether oxygens (including phenoxy) is 2. The topological polar surface area (TPSA) is 150 Å². The van der Waals surface area contributed by atoms with Crippen LogP contribution < -0.4 is 21.5 Å². The second-order valence-electron chi connectivity index (χ2n) is 11.9. The Morgan fingerprint density at radius 3 is 2.68 bits per heavy atom. The van der Waals surface area contributed by atoms with Crippen LogP contribution >= 0.6 is 0 Å². The summed E-state index contributed by atoms with van der Waals surface area (Å²) in [5.41, 5.74) is 1.72. The molecule has 1 aliphatic carbocycles. The number of nitriles is 1. The molecule has 0 spiro atoms. The van der Waals surface area contributed by atoms with E-state index >= 15 is 0 Å². The molecule has 0 amide bonds. The van der Waals surface area contributed by atoms with Crippen LogP contribution in [0.2, 0.25) is 0 Å². The van der Waals surface area contributed by atoms with Crippen molar-refractivity contribution in [3.8, 4) is 17.3 Å². The van der Waals surface area contributed by atoms with E-state index in [1.54, 1.807) is 0 Å². The third-order valence-corrected chi connectivity index (χ3v) is 8.44. The number of aryl methyl sites for hydroxylation is 1. The maximum atomic E-state index is 13.1. The third-order valence-electron chi connectivity index (χ3n) is 8.44. The zero-order valence-electron chi connectivity index (χ0n) is 25.4. The Hall–Kier alpha value is -3.92. The molecule has 1 aliphatic heterocycles. The number of rotatable bonds is 12. The number of hydrogen-bond donors (Lipinski definition) is 4. The number of halogens is 1. The standard InChI is InChI=1S/C32H41FN8O3/c1-21-15-35-29(14-25(21)27-4-3-5-28(40-27)37-20-32(19-34)10-12-43-13-11-32)39-24-8-6-23(7-9-24)38-22(2)17-44-18-30-36-16-26(33)31(42)41-30/h3-5,14-16,22-24,38H,6-13,17-18,20H2,1-2H3,(H,35,39)(H,37,40)(H,36,41,42)/t22-,23-,24-/m0/s1. The van der Waals surface area contributed by atoms with Crippen molar-refractivity contribution in [1.29, 1.82) is 5.26 Å². The smallest absolute Gasteiger partial charge is 0.287 e. The van der Waals surface area contributed by atoms with Crippen molar-refractivity contribution in [3.05, 3.63) is 64.2 Å². The average Bonchev–Trinajstić information content (AvgIpc) is 3.04. The Kier molecular flexibility index (Phi) is 10.5. The normalized spacial score (nSPS) is 20.4. The molecule has 4 heterocycles. The van der Waals surface area contributed by atoms with Gasteiger partial charge in [-0.15, -0.1) is 0 Å². The molecular formula is C32H41FN8O3. The van der Waals surface area contributed by atoms with Gasteiger partial charge in [-0.1, -0.05) is 6.07 Å². The lowest BCUT2D eigenvalue weighted by atomic mass is 9.82. The predicted octanol–water partition coefficient (Wildman–Crippen LogP) is 4.32. The minimum absolute atomic E-state index is 0.123. The summed E-state index contributed by atoms with van der Waals surface area (Å²) in [7, 11) is 0. The van der Waals surface area contributed by atoms with Crippen molar-refractivity contribution < 1.29 is 13.9 Å². The fraction of sp³-hybridized carbons (Fsp3) is 0.531. The van der Waals surface area contributed by atoms with Crippen molar-refractivity contribution in [2.45, 2.75) is 77.1 Å². The van der Waals surface area contributed by atoms with Crippen LogP contribution in [0, 0.1) is 29.5 Å². The van der Waals surface area contributed by atoms with Gasteiger partial charge < -0.3 is 30.4 Å². The van der Waals surface area contributed by atoms with Gasteiger partial charge in [0.1, 0.15) is 24.1 Å². The lowest BCUT2D eigenvalue weighted by Crippen LogP contribution is -2.43. The van der Waals surface area contributed by atoms with Gasteiger partial charge in [-0.25, -0.2) is 15.0 Å². The van der Waals surface area contributed by atoms with Gasteiger partial charge in [-0.05, 0) is 76.1 Å². The zero-order valence-corrected chi connectivity index (χ0v) is 25.4. The van der Waals surface area contributed by atoms with Crippen LogP contribution in [0.1, 0.15) is 56.8 Å². The largest absolute Gasteiger partial charge is 0.381 e. The van der Waals surface area contributed by atoms with E-state index in [1.165, 1.54) is 0 Å². The lowest BCUT2D eigenvalue weighted by Gasteiger charge is -2.32. The van der Waals surface area contributed by atoms with Crippen LogP contribution in [-0.2, 0) is 16.1 Å². The van der Waals surface area contributed by atoms with Gasteiger partial charge in [0.15, 0.2) is 0 Å². The maximum absolute atomic E-state index is 13.1. The van der Waals surface area contributed by atoms with Crippen molar-refractivity contribution in [2.24, 2.45) is 5.41 Å². The summed E-state index contributed by atoms with van der Waals surface area (Å²) in [4.78, 5) is 27.1. The minimum atomic E-state index is -0.903. The molecule has 2 fully saturated rings. The number of aromatic amines is 1. The fourth-order valence-corrected chi connectivity index (χ4v) is 5.80. The Labute approximate surface area is 257 Å². The SMILES string of the molecule is Cc1cnc(N[C@H]2CC[C@H](N[C@@H](C)COCc3ncc(F)c(=O)[nH]3)CC2)cc1-c1cccc(NCC2(C#N)CCOCC2)n1. The quantitative estimate of drug-likeness (QED) is 0.235. The molecule has 5 rings (SSSR count). The maximum Gasteiger partial charge on any atom is 0.287 e. The van der Waals surface area contributed by atoms with Gasteiger partial charge in [0, 0.05) is 49.6 Å². The summed E-state index contributed by atoms with van der Waals surface area (Å²) >= 11 is 0. The monoisotopic (exact) mass is 604 g/mol. The molecule has 3 aromatic heterocycles. The Bertz CT molecular complexity index is 1500. The summed E-state index contributed by atoms with van der Waals surface area (Å²) in [5, 5.41) is 20.4. The number of anilines is 2. The Morgan fingerprint density at radius 2 is 1.93 bits per heavy atom. The molecule has 0 bridgehead atoms. The van der Waals surface area contributed by atoms with Crippen LogP contribution in [0.25, 0.3) is 11.3 Å². The average molecular weight is 605 g/mol. The fourth-order valence-electron chi connectivity index (χ4n) is 5.80. The highest BCUT2D eigenvalue weighted by molar-refractivity contribution is 5.68. The second-order valence-corrected chi connectivity index (χ2v) is 11.9. The first-order valence-corrected chi connectivity index (χ1v) is 15.3. The highest BCUT2D eigenvalue weighted by Gasteiger charge is 2.32. The molecule has 12 heteroatoms. The van der Waals surface area contributed by atoms with Crippen LogP contribution in [0.15, 0.2) is 41.5 Å². The number of hydrogen-bond acceptors (Lipinski definition) is 10. The highest BCUT2D eigenvalue weighted by Crippen LogP contribution is 2.31. The molecule has 1 saturated heterocycles. The van der Waals surface area contributed by atoms with Gasteiger partial charge in [-0.3, -0.25) is 4.79 Å². The molecule has 0 unspecified atom stereocenters. The molecule has 0 aromatic carbocycles. The number of nitrogens with zero attached hydrogens (tertiary/aromatic N) is 4. The van der Waals surface area contributed by atoms with Gasteiger partial charge >= 0.3 is 0 Å². The molecule has 0 radical (unpaired) electrons. The van der Waals surface area contributed by atoms with E-state index in [0.29, 0.717) is 44.3 Å². The van der Waals surface area contributed by atoms with Crippen LogP contribution in [-0.4, -0.2) is 64.4 Å². The van der Waals surface area contributed by atoms with E-state index in [1.807, 2.05) is 31.3 Å². The molecule has 4 N–H and O–H groups in total. The number of pyridine rings is 2. The van der Waals surface area contributed by atoms with E-state index in [-0.39, 0.29) is 12.6 Å². The summed E-state index contributed by atoms with van der Waals surface area (Å²) in [6, 6.07) is 11.3. The van der Waals surface area contributed by atoms with Gasteiger partial charge in [0.25, 0.3) is 5.56 Å². The Balaban J connectivity index is 1.09. The van der Waals surface area contributed by atoms with E-state index < -0.39 is 16.8 Å². The third kappa shape index (κ3) is 8.37. The van der Waals surface area contributed by atoms with E-state index in [9.17, 15) is 14.4 Å². The molecular weight excluding hydrogens is 563 g/mol. The molecule has 1 saturated carbocycles. The van der Waals surface area contributed by atoms with Gasteiger partial charge in [-0.2, -0.15) is 9.65 Å². The molecule has 234 valence electrons. The summed E-state index contributed by atoms with van der Waals surface area (Å²) in [6.45, 7) is 6.45. The van der Waals surface area contributed by atoms with E-state index in [4.69, 9.17) is 14.5 Å². The summed E-state index contributed by atoms with van der Waals surface area (Å²) in [5.74, 6) is 0.992. The molecule has 2 aliphatic rings. The van der Waals surface area contributed by atoms with Crippen molar-refractivity contribution in [1.82, 2.24) is 25.3 Å². The Morgan fingerprint density at radius 1 is 1.16 bits per heavy atom. The molecule has 1 atom stereocenters. The first-order valence-electron chi connectivity index (χ1n) is 15.3. The highest BCUT2D eigenvalue weighted by atomic mass is 19.1. The van der Waals surface area contributed by atoms with E-state index in [0.717, 1.165) is 73.2 Å².